The zero-order chi connectivity index (χ0) is 13.1. The van der Waals surface area contributed by atoms with Crippen LogP contribution in [0.15, 0.2) is 18.2 Å². The lowest BCUT2D eigenvalue weighted by Gasteiger charge is -2.07. The van der Waals surface area contributed by atoms with Gasteiger partial charge in [-0.2, -0.15) is 0 Å². The number of rotatable bonds is 4. The van der Waals surface area contributed by atoms with Crippen LogP contribution < -0.4 is 16.4 Å². The molecule has 0 bridgehead atoms. The predicted molar refractivity (Wildman–Crippen MR) is 64.3 cm³/mol. The van der Waals surface area contributed by atoms with Crippen LogP contribution in [-0.4, -0.2) is 24.4 Å². The van der Waals surface area contributed by atoms with Crippen LogP contribution in [-0.2, 0) is 4.79 Å². The first-order valence-electron chi connectivity index (χ1n) is 5.69. The van der Waals surface area contributed by atoms with Crippen molar-refractivity contribution >= 4 is 17.5 Å². The molecule has 0 unspecified atom stereocenters. The number of benzene rings is 1. The minimum Gasteiger partial charge on any atom is -0.399 e. The van der Waals surface area contributed by atoms with Crippen LogP contribution in [0.25, 0.3) is 0 Å². The van der Waals surface area contributed by atoms with Gasteiger partial charge >= 0.3 is 0 Å². The van der Waals surface area contributed by atoms with Crippen molar-refractivity contribution in [3.8, 4) is 0 Å². The third-order valence-electron chi connectivity index (χ3n) is 2.59. The van der Waals surface area contributed by atoms with Crippen LogP contribution in [0, 0.1) is 5.82 Å². The van der Waals surface area contributed by atoms with Crippen LogP contribution in [0.4, 0.5) is 10.1 Å². The molecule has 1 aliphatic carbocycles. The summed E-state index contributed by atoms with van der Waals surface area (Å²) in [5, 5.41) is 5.07. The minimum atomic E-state index is -0.663. The Balaban J connectivity index is 1.90. The zero-order valence-corrected chi connectivity index (χ0v) is 9.70. The van der Waals surface area contributed by atoms with Gasteiger partial charge in [0.2, 0.25) is 5.91 Å². The topological polar surface area (TPSA) is 84.2 Å². The van der Waals surface area contributed by atoms with Gasteiger partial charge in [-0.3, -0.25) is 9.59 Å². The lowest BCUT2D eigenvalue weighted by Crippen LogP contribution is -2.38. The predicted octanol–water partition coefficient (Wildman–Crippen LogP) is 0.416. The number of hydrogen-bond donors (Lipinski definition) is 3. The lowest BCUT2D eigenvalue weighted by molar-refractivity contribution is -0.120. The monoisotopic (exact) mass is 251 g/mol. The van der Waals surface area contributed by atoms with Gasteiger partial charge in [0.05, 0.1) is 12.1 Å². The second-order valence-electron chi connectivity index (χ2n) is 4.26. The van der Waals surface area contributed by atoms with Gasteiger partial charge in [-0.15, -0.1) is 0 Å². The Kier molecular flexibility index (Phi) is 3.45. The maximum Gasteiger partial charge on any atom is 0.254 e. The van der Waals surface area contributed by atoms with Gasteiger partial charge in [-0.1, -0.05) is 0 Å². The second-order valence-corrected chi connectivity index (χ2v) is 4.26. The van der Waals surface area contributed by atoms with Gasteiger partial charge in [0.1, 0.15) is 5.82 Å². The summed E-state index contributed by atoms with van der Waals surface area (Å²) in [6, 6.07) is 3.96. The fourth-order valence-electron chi connectivity index (χ4n) is 1.48. The highest BCUT2D eigenvalue weighted by atomic mass is 19.1. The Morgan fingerprint density at radius 1 is 1.39 bits per heavy atom. The molecule has 5 nitrogen and oxygen atoms in total. The van der Waals surface area contributed by atoms with E-state index in [-0.39, 0.29) is 24.1 Å². The summed E-state index contributed by atoms with van der Waals surface area (Å²) in [7, 11) is 0. The summed E-state index contributed by atoms with van der Waals surface area (Å²) < 4.78 is 13.3. The van der Waals surface area contributed by atoms with Gasteiger partial charge < -0.3 is 16.4 Å². The summed E-state index contributed by atoms with van der Waals surface area (Å²) in [4.78, 5) is 23.0. The molecule has 2 amide bonds. The summed E-state index contributed by atoms with van der Waals surface area (Å²) in [5.74, 6) is -1.58. The molecule has 0 saturated heterocycles. The third-order valence-corrected chi connectivity index (χ3v) is 2.59. The van der Waals surface area contributed by atoms with Crippen molar-refractivity contribution in [2.75, 3.05) is 12.3 Å². The SMILES string of the molecule is Nc1ccc(F)c(C(=O)NCC(=O)NC2CC2)c1. The maximum atomic E-state index is 13.3. The Hall–Kier alpha value is -2.11. The van der Waals surface area contributed by atoms with Crippen molar-refractivity contribution in [1.29, 1.82) is 0 Å². The summed E-state index contributed by atoms with van der Waals surface area (Å²) in [6.07, 6.45) is 1.95. The number of amides is 2. The fourth-order valence-corrected chi connectivity index (χ4v) is 1.48. The van der Waals surface area contributed by atoms with E-state index in [0.29, 0.717) is 5.69 Å². The van der Waals surface area contributed by atoms with E-state index in [9.17, 15) is 14.0 Å². The number of carbonyl (C=O) groups excluding carboxylic acids is 2. The first-order valence-corrected chi connectivity index (χ1v) is 5.69. The average molecular weight is 251 g/mol. The van der Waals surface area contributed by atoms with E-state index in [2.05, 4.69) is 10.6 Å². The minimum absolute atomic E-state index is 0.158. The molecule has 4 N–H and O–H groups in total. The molecule has 0 heterocycles. The van der Waals surface area contributed by atoms with E-state index in [0.717, 1.165) is 18.9 Å². The van der Waals surface area contributed by atoms with Crippen LogP contribution in [0.2, 0.25) is 0 Å². The van der Waals surface area contributed by atoms with Crippen molar-refractivity contribution in [2.24, 2.45) is 0 Å². The van der Waals surface area contributed by atoms with Crippen molar-refractivity contribution in [3.05, 3.63) is 29.6 Å². The molecule has 0 spiro atoms. The van der Waals surface area contributed by atoms with Gasteiger partial charge in [0.25, 0.3) is 5.91 Å². The van der Waals surface area contributed by atoms with Crippen molar-refractivity contribution in [3.63, 3.8) is 0 Å². The Morgan fingerprint density at radius 3 is 2.78 bits per heavy atom. The first-order chi connectivity index (χ1) is 8.56. The van der Waals surface area contributed by atoms with Crippen molar-refractivity contribution in [1.82, 2.24) is 10.6 Å². The molecule has 1 aromatic rings. The molecule has 0 aliphatic heterocycles. The van der Waals surface area contributed by atoms with Crippen molar-refractivity contribution in [2.45, 2.75) is 18.9 Å². The molecule has 1 aromatic carbocycles. The van der Waals surface area contributed by atoms with E-state index in [4.69, 9.17) is 5.73 Å². The van der Waals surface area contributed by atoms with Gasteiger partial charge in [0.15, 0.2) is 0 Å². The number of hydrogen-bond acceptors (Lipinski definition) is 3. The quantitative estimate of drug-likeness (QED) is 0.678. The standard InChI is InChI=1S/C12H14FN3O2/c13-10-4-1-7(14)5-9(10)12(18)15-6-11(17)16-8-2-3-8/h1,4-5,8H,2-3,6,14H2,(H,15,18)(H,16,17). The lowest BCUT2D eigenvalue weighted by atomic mass is 10.2. The van der Waals surface area contributed by atoms with Crippen LogP contribution in [0.1, 0.15) is 23.2 Å². The molecular weight excluding hydrogens is 237 g/mol. The Labute approximate surface area is 104 Å². The van der Waals surface area contributed by atoms with E-state index >= 15 is 0 Å². The van der Waals surface area contributed by atoms with Crippen LogP contribution in [0.5, 0.6) is 0 Å². The van der Waals surface area contributed by atoms with E-state index < -0.39 is 11.7 Å². The van der Waals surface area contributed by atoms with E-state index in [1.165, 1.54) is 12.1 Å². The zero-order valence-electron chi connectivity index (χ0n) is 9.70. The van der Waals surface area contributed by atoms with Gasteiger partial charge in [0, 0.05) is 11.7 Å². The third kappa shape index (κ3) is 3.19. The molecular formula is C12H14FN3O2. The first kappa shape index (κ1) is 12.3. The van der Waals surface area contributed by atoms with E-state index in [1.54, 1.807) is 0 Å². The highest BCUT2D eigenvalue weighted by molar-refractivity contribution is 5.97. The maximum absolute atomic E-state index is 13.3. The number of nitrogen functional groups attached to an aromatic ring is 1. The Bertz CT molecular complexity index is 486. The van der Waals surface area contributed by atoms with Crippen molar-refractivity contribution < 1.29 is 14.0 Å². The molecule has 6 heteroatoms. The summed E-state index contributed by atoms with van der Waals surface area (Å²) in [6.45, 7) is -0.163. The smallest absolute Gasteiger partial charge is 0.254 e. The van der Waals surface area contributed by atoms with Gasteiger partial charge in [-0.05, 0) is 31.0 Å². The largest absolute Gasteiger partial charge is 0.399 e. The highest BCUT2D eigenvalue weighted by Crippen LogP contribution is 2.18. The van der Waals surface area contributed by atoms with Crippen LogP contribution >= 0.6 is 0 Å². The highest BCUT2D eigenvalue weighted by Gasteiger charge is 2.23. The number of halogens is 1. The molecule has 96 valence electrons. The number of nitrogens with one attached hydrogen (secondary N) is 2. The number of carbonyl (C=O) groups is 2. The second kappa shape index (κ2) is 5.03. The molecule has 1 saturated carbocycles. The molecule has 2 rings (SSSR count). The molecule has 0 aromatic heterocycles. The molecule has 1 aliphatic rings. The molecule has 18 heavy (non-hydrogen) atoms. The molecule has 0 atom stereocenters. The fraction of sp³-hybridized carbons (Fsp3) is 0.333. The Morgan fingerprint density at radius 2 is 2.11 bits per heavy atom. The van der Waals surface area contributed by atoms with E-state index in [1.807, 2.05) is 0 Å². The average Bonchev–Trinajstić information content (AvgIpc) is 3.13. The van der Waals surface area contributed by atoms with Gasteiger partial charge in [-0.25, -0.2) is 4.39 Å². The summed E-state index contributed by atoms with van der Waals surface area (Å²) >= 11 is 0. The number of nitrogens with two attached hydrogens (primary N) is 1. The van der Waals surface area contributed by atoms with Crippen LogP contribution in [0.3, 0.4) is 0 Å². The number of anilines is 1. The molecule has 1 fully saturated rings. The normalized spacial score (nSPS) is 14.1. The summed E-state index contributed by atoms with van der Waals surface area (Å²) in [5.41, 5.74) is 5.61. The molecule has 0 radical (unpaired) electrons.